The van der Waals surface area contributed by atoms with Crippen molar-refractivity contribution in [1.82, 2.24) is 9.80 Å². The summed E-state index contributed by atoms with van der Waals surface area (Å²) in [5.74, 6) is 0.704. The van der Waals surface area contributed by atoms with Crippen molar-refractivity contribution in [3.8, 4) is 5.75 Å². The van der Waals surface area contributed by atoms with E-state index in [9.17, 15) is 4.79 Å². The molecular formula is C27H31N3O2. The summed E-state index contributed by atoms with van der Waals surface area (Å²) in [7, 11) is 0. The van der Waals surface area contributed by atoms with E-state index < -0.39 is 0 Å². The summed E-state index contributed by atoms with van der Waals surface area (Å²) in [4.78, 5) is 17.4. The highest BCUT2D eigenvalue weighted by Gasteiger charge is 2.27. The van der Waals surface area contributed by atoms with E-state index in [0.717, 1.165) is 31.9 Å². The van der Waals surface area contributed by atoms with Gasteiger partial charge in [-0.1, -0.05) is 72.8 Å². The van der Waals surface area contributed by atoms with Crippen LogP contribution in [0.3, 0.4) is 0 Å². The van der Waals surface area contributed by atoms with E-state index in [0.29, 0.717) is 18.9 Å². The Hall–Kier alpha value is -3.15. The number of carbonyl (C=O) groups excluding carboxylic acids is 1. The van der Waals surface area contributed by atoms with Crippen molar-refractivity contribution in [2.24, 2.45) is 0 Å². The Kier molecular flexibility index (Phi) is 7.54. The van der Waals surface area contributed by atoms with Gasteiger partial charge in [0.2, 0.25) is 5.91 Å². The van der Waals surface area contributed by atoms with Crippen LogP contribution in [0.5, 0.6) is 5.75 Å². The average Bonchev–Trinajstić information content (AvgIpc) is 2.83. The molecule has 1 amide bonds. The normalized spacial score (nSPS) is 14.9. The van der Waals surface area contributed by atoms with Crippen molar-refractivity contribution in [2.75, 3.05) is 44.6 Å². The van der Waals surface area contributed by atoms with Crippen LogP contribution in [0, 0.1) is 0 Å². The first-order chi connectivity index (χ1) is 15.7. The quantitative estimate of drug-likeness (QED) is 0.575. The van der Waals surface area contributed by atoms with Gasteiger partial charge in [-0.3, -0.25) is 14.6 Å². The van der Waals surface area contributed by atoms with Gasteiger partial charge in [0.25, 0.3) is 0 Å². The number of para-hydroxylation sites is 2. The molecule has 1 aliphatic rings. The Balaban J connectivity index is 1.37. The van der Waals surface area contributed by atoms with Crippen molar-refractivity contribution in [3.05, 3.63) is 96.1 Å². The lowest BCUT2D eigenvalue weighted by Crippen LogP contribution is -2.49. The Labute approximate surface area is 190 Å². The van der Waals surface area contributed by atoms with Gasteiger partial charge in [0, 0.05) is 26.2 Å². The van der Waals surface area contributed by atoms with Crippen LogP contribution in [-0.4, -0.2) is 55.0 Å². The van der Waals surface area contributed by atoms with Crippen molar-refractivity contribution < 1.29 is 9.53 Å². The van der Waals surface area contributed by atoms with E-state index in [-0.39, 0.29) is 11.9 Å². The molecule has 0 spiro atoms. The summed E-state index contributed by atoms with van der Waals surface area (Å²) < 4.78 is 5.62. The minimum Gasteiger partial charge on any atom is -0.492 e. The molecule has 166 valence electrons. The molecule has 5 nitrogen and oxygen atoms in total. The number of nitrogens with one attached hydrogen (secondary N) is 1. The largest absolute Gasteiger partial charge is 0.492 e. The number of nitrogens with zero attached hydrogens (tertiary/aromatic N) is 2. The number of piperazine rings is 1. The van der Waals surface area contributed by atoms with Gasteiger partial charge < -0.3 is 10.1 Å². The third-order valence-corrected chi connectivity index (χ3v) is 5.83. The summed E-state index contributed by atoms with van der Waals surface area (Å²) in [5.41, 5.74) is 3.33. The van der Waals surface area contributed by atoms with E-state index >= 15 is 0 Å². The summed E-state index contributed by atoms with van der Waals surface area (Å²) in [6, 6.07) is 29.1. The Morgan fingerprint density at radius 3 is 2.00 bits per heavy atom. The van der Waals surface area contributed by atoms with E-state index in [4.69, 9.17) is 4.74 Å². The molecule has 0 aromatic heterocycles. The second kappa shape index (κ2) is 10.9. The molecule has 5 heteroatoms. The molecule has 3 aromatic rings. The van der Waals surface area contributed by atoms with Crippen molar-refractivity contribution in [1.29, 1.82) is 0 Å². The molecule has 1 saturated heterocycles. The number of hydrogen-bond acceptors (Lipinski definition) is 4. The topological polar surface area (TPSA) is 44.8 Å². The number of amides is 1. The molecule has 4 rings (SSSR count). The fourth-order valence-corrected chi connectivity index (χ4v) is 4.31. The van der Waals surface area contributed by atoms with Crippen LogP contribution in [0.1, 0.15) is 24.1 Å². The first-order valence-corrected chi connectivity index (χ1v) is 11.3. The zero-order valence-corrected chi connectivity index (χ0v) is 18.6. The summed E-state index contributed by atoms with van der Waals surface area (Å²) in [6.07, 6.45) is 0. The summed E-state index contributed by atoms with van der Waals surface area (Å²) in [6.45, 7) is 6.44. The molecule has 0 bridgehead atoms. The van der Waals surface area contributed by atoms with Gasteiger partial charge in [0.1, 0.15) is 5.75 Å². The molecule has 1 fully saturated rings. The molecule has 32 heavy (non-hydrogen) atoms. The number of benzene rings is 3. The van der Waals surface area contributed by atoms with E-state index in [1.165, 1.54) is 11.1 Å². The smallest absolute Gasteiger partial charge is 0.238 e. The van der Waals surface area contributed by atoms with Crippen molar-refractivity contribution in [2.45, 2.75) is 13.0 Å². The van der Waals surface area contributed by atoms with E-state index in [1.54, 1.807) is 0 Å². The van der Waals surface area contributed by atoms with Gasteiger partial charge in [-0.05, 0) is 30.2 Å². The van der Waals surface area contributed by atoms with Crippen LogP contribution in [-0.2, 0) is 4.79 Å². The molecule has 0 atom stereocenters. The van der Waals surface area contributed by atoms with E-state index in [2.05, 4.69) is 75.8 Å². The van der Waals surface area contributed by atoms with Crippen molar-refractivity contribution >= 4 is 11.6 Å². The third-order valence-electron chi connectivity index (χ3n) is 5.83. The SMILES string of the molecule is CCOc1ccccc1NC(=O)CN1CCN(C(c2ccccc2)c2ccccc2)CC1. The summed E-state index contributed by atoms with van der Waals surface area (Å²) >= 11 is 0. The Bertz CT molecular complexity index is 947. The fourth-order valence-electron chi connectivity index (χ4n) is 4.31. The monoisotopic (exact) mass is 429 g/mol. The average molecular weight is 430 g/mol. The number of rotatable bonds is 8. The zero-order valence-electron chi connectivity index (χ0n) is 18.6. The van der Waals surface area contributed by atoms with Crippen LogP contribution in [0.4, 0.5) is 5.69 Å². The van der Waals surface area contributed by atoms with Gasteiger partial charge in [-0.25, -0.2) is 0 Å². The summed E-state index contributed by atoms with van der Waals surface area (Å²) in [5, 5.41) is 3.01. The lowest BCUT2D eigenvalue weighted by molar-refractivity contribution is -0.117. The highest BCUT2D eigenvalue weighted by atomic mass is 16.5. The Morgan fingerprint density at radius 1 is 0.844 bits per heavy atom. The minimum absolute atomic E-state index is 0.00623. The molecule has 1 heterocycles. The third kappa shape index (κ3) is 5.55. The molecule has 3 aromatic carbocycles. The Morgan fingerprint density at radius 2 is 1.41 bits per heavy atom. The first kappa shape index (κ1) is 22.1. The van der Waals surface area contributed by atoms with Crippen LogP contribution in [0.2, 0.25) is 0 Å². The van der Waals surface area contributed by atoms with Crippen molar-refractivity contribution in [3.63, 3.8) is 0 Å². The maximum Gasteiger partial charge on any atom is 0.238 e. The second-order valence-corrected chi connectivity index (χ2v) is 8.01. The maximum atomic E-state index is 12.7. The van der Waals surface area contributed by atoms with Gasteiger partial charge in [0.15, 0.2) is 0 Å². The number of carbonyl (C=O) groups is 1. The van der Waals surface area contributed by atoms with Crippen LogP contribution in [0.15, 0.2) is 84.9 Å². The van der Waals surface area contributed by atoms with E-state index in [1.807, 2.05) is 31.2 Å². The highest BCUT2D eigenvalue weighted by Crippen LogP contribution is 2.29. The molecule has 0 radical (unpaired) electrons. The lowest BCUT2D eigenvalue weighted by Gasteiger charge is -2.39. The molecule has 0 unspecified atom stereocenters. The second-order valence-electron chi connectivity index (χ2n) is 8.01. The van der Waals surface area contributed by atoms with Crippen LogP contribution >= 0.6 is 0 Å². The van der Waals surface area contributed by atoms with Gasteiger partial charge in [0.05, 0.1) is 24.9 Å². The maximum absolute atomic E-state index is 12.7. The van der Waals surface area contributed by atoms with Gasteiger partial charge >= 0.3 is 0 Å². The first-order valence-electron chi connectivity index (χ1n) is 11.3. The molecule has 0 aliphatic carbocycles. The predicted molar refractivity (Wildman–Crippen MR) is 129 cm³/mol. The number of ether oxygens (including phenoxy) is 1. The molecule has 1 aliphatic heterocycles. The van der Waals surface area contributed by atoms with Crippen LogP contribution in [0.25, 0.3) is 0 Å². The minimum atomic E-state index is -0.00623. The zero-order chi connectivity index (χ0) is 22.2. The number of anilines is 1. The molecule has 1 N–H and O–H groups in total. The highest BCUT2D eigenvalue weighted by molar-refractivity contribution is 5.93. The predicted octanol–water partition coefficient (Wildman–Crippen LogP) is 4.43. The van der Waals surface area contributed by atoms with Crippen LogP contribution < -0.4 is 10.1 Å². The lowest BCUT2D eigenvalue weighted by atomic mass is 9.96. The molecule has 0 saturated carbocycles. The van der Waals surface area contributed by atoms with Gasteiger partial charge in [-0.2, -0.15) is 0 Å². The fraction of sp³-hybridized carbons (Fsp3) is 0.296. The molecular weight excluding hydrogens is 398 g/mol. The van der Waals surface area contributed by atoms with Gasteiger partial charge in [-0.15, -0.1) is 0 Å². The standard InChI is InChI=1S/C27H31N3O2/c1-2-32-25-16-10-9-15-24(25)28-26(31)21-29-17-19-30(20-18-29)27(22-11-5-3-6-12-22)23-13-7-4-8-14-23/h3-16,27H,2,17-21H2,1H3,(H,28,31). The number of hydrogen-bond donors (Lipinski definition) is 1.